The van der Waals surface area contributed by atoms with Crippen LogP contribution < -0.4 is 15.8 Å². The van der Waals surface area contributed by atoms with Gasteiger partial charge in [0.15, 0.2) is 5.96 Å². The number of nitrogens with two attached hydrogens (primary N) is 1. The van der Waals surface area contributed by atoms with Crippen molar-refractivity contribution in [2.75, 3.05) is 11.9 Å². The number of nitrogens with one attached hydrogen (secondary N) is 1. The maximum absolute atomic E-state index is 13.7. The van der Waals surface area contributed by atoms with Gasteiger partial charge in [-0.1, -0.05) is 13.0 Å². The van der Waals surface area contributed by atoms with Crippen LogP contribution in [-0.2, 0) is 0 Å². The summed E-state index contributed by atoms with van der Waals surface area (Å²) in [6, 6.07) is 8.22. The fourth-order valence-electron chi connectivity index (χ4n) is 2.16. The standard InChI is InChI=1S/C17H16F5N3O/c1-10(14-7-2-11(18)8-15(14)19)9-24-16(23)25-12-3-5-13(6-4-12)26-17(20,21)22/h2-8,10H,9H2,1H3,(H3,23,24,25). The number of aliphatic imine (C=N–C) groups is 1. The van der Waals surface area contributed by atoms with Gasteiger partial charge in [0.1, 0.15) is 17.4 Å². The summed E-state index contributed by atoms with van der Waals surface area (Å²) in [5.74, 6) is -2.04. The summed E-state index contributed by atoms with van der Waals surface area (Å²) in [4.78, 5) is 4.05. The molecule has 3 N–H and O–H groups in total. The molecule has 0 amide bonds. The van der Waals surface area contributed by atoms with Crippen molar-refractivity contribution in [3.63, 3.8) is 0 Å². The van der Waals surface area contributed by atoms with E-state index < -0.39 is 18.0 Å². The molecule has 0 aliphatic heterocycles. The second kappa shape index (κ2) is 8.03. The average molecular weight is 373 g/mol. The molecule has 0 saturated carbocycles. The quantitative estimate of drug-likeness (QED) is 0.464. The molecule has 0 heterocycles. The molecule has 26 heavy (non-hydrogen) atoms. The zero-order valence-corrected chi connectivity index (χ0v) is 13.6. The number of ether oxygens (including phenoxy) is 1. The Bertz CT molecular complexity index is 775. The van der Waals surface area contributed by atoms with Gasteiger partial charge in [-0.3, -0.25) is 4.99 Å². The van der Waals surface area contributed by atoms with Crippen molar-refractivity contribution in [3.8, 4) is 5.75 Å². The number of anilines is 1. The van der Waals surface area contributed by atoms with Crippen molar-refractivity contribution in [3.05, 3.63) is 59.7 Å². The lowest BCUT2D eigenvalue weighted by Crippen LogP contribution is -2.23. The first-order valence-corrected chi connectivity index (χ1v) is 7.52. The van der Waals surface area contributed by atoms with Gasteiger partial charge in [-0.25, -0.2) is 8.78 Å². The minimum Gasteiger partial charge on any atom is -0.406 e. The molecule has 0 aromatic heterocycles. The largest absolute Gasteiger partial charge is 0.573 e. The van der Waals surface area contributed by atoms with E-state index in [1.165, 1.54) is 18.2 Å². The third-order valence-corrected chi connectivity index (χ3v) is 3.39. The molecule has 9 heteroatoms. The summed E-state index contributed by atoms with van der Waals surface area (Å²) in [5.41, 5.74) is 6.41. The molecule has 2 aromatic rings. The fourth-order valence-corrected chi connectivity index (χ4v) is 2.16. The van der Waals surface area contributed by atoms with Crippen molar-refractivity contribution in [1.29, 1.82) is 0 Å². The van der Waals surface area contributed by atoms with Crippen molar-refractivity contribution >= 4 is 11.6 Å². The summed E-state index contributed by atoms with van der Waals surface area (Å²) in [5, 5.41) is 2.70. The van der Waals surface area contributed by atoms with Crippen LogP contribution in [0, 0.1) is 11.6 Å². The number of hydrogen-bond donors (Lipinski definition) is 2. The summed E-state index contributed by atoms with van der Waals surface area (Å²) < 4.78 is 66.7. The highest BCUT2D eigenvalue weighted by Gasteiger charge is 2.30. The highest BCUT2D eigenvalue weighted by molar-refractivity contribution is 5.92. The number of benzene rings is 2. The van der Waals surface area contributed by atoms with Gasteiger partial charge in [0, 0.05) is 24.2 Å². The van der Waals surface area contributed by atoms with Crippen LogP contribution in [0.15, 0.2) is 47.5 Å². The second-order valence-corrected chi connectivity index (χ2v) is 5.49. The molecular weight excluding hydrogens is 357 g/mol. The lowest BCUT2D eigenvalue weighted by atomic mass is 10.0. The van der Waals surface area contributed by atoms with E-state index in [0.717, 1.165) is 24.3 Å². The molecule has 0 radical (unpaired) electrons. The van der Waals surface area contributed by atoms with Gasteiger partial charge in [0.25, 0.3) is 0 Å². The molecule has 4 nitrogen and oxygen atoms in total. The van der Waals surface area contributed by atoms with E-state index in [-0.39, 0.29) is 24.2 Å². The van der Waals surface area contributed by atoms with Crippen LogP contribution in [0.5, 0.6) is 5.75 Å². The van der Waals surface area contributed by atoms with Crippen LogP contribution in [0.4, 0.5) is 27.6 Å². The molecule has 0 bridgehead atoms. The fraction of sp³-hybridized carbons (Fsp3) is 0.235. The zero-order chi connectivity index (χ0) is 19.3. The van der Waals surface area contributed by atoms with Crippen LogP contribution in [0.25, 0.3) is 0 Å². The first-order chi connectivity index (χ1) is 12.1. The third-order valence-electron chi connectivity index (χ3n) is 3.39. The molecule has 0 saturated heterocycles. The van der Waals surface area contributed by atoms with E-state index in [0.29, 0.717) is 11.3 Å². The molecule has 0 aliphatic carbocycles. The van der Waals surface area contributed by atoms with Crippen LogP contribution in [0.3, 0.4) is 0 Å². The van der Waals surface area contributed by atoms with Gasteiger partial charge in [-0.05, 0) is 35.9 Å². The van der Waals surface area contributed by atoms with Crippen LogP contribution in [0.2, 0.25) is 0 Å². The minimum absolute atomic E-state index is 0.00357. The number of alkyl halides is 3. The third kappa shape index (κ3) is 5.91. The Hall–Kier alpha value is -2.84. The van der Waals surface area contributed by atoms with Gasteiger partial charge in [0.05, 0.1) is 0 Å². The van der Waals surface area contributed by atoms with Gasteiger partial charge in [0.2, 0.25) is 0 Å². The number of rotatable bonds is 5. The lowest BCUT2D eigenvalue weighted by Gasteiger charge is -2.12. The van der Waals surface area contributed by atoms with Gasteiger partial charge in [-0.15, -0.1) is 13.2 Å². The zero-order valence-electron chi connectivity index (χ0n) is 13.6. The lowest BCUT2D eigenvalue weighted by molar-refractivity contribution is -0.274. The van der Waals surface area contributed by atoms with Crippen molar-refractivity contribution < 1.29 is 26.7 Å². The SMILES string of the molecule is CC(CN=C(N)Nc1ccc(OC(F)(F)F)cc1)c1ccc(F)cc1F. The molecule has 140 valence electrons. The normalized spacial score (nSPS) is 13.4. The van der Waals surface area contributed by atoms with Gasteiger partial charge in [-0.2, -0.15) is 0 Å². The first-order valence-electron chi connectivity index (χ1n) is 7.52. The van der Waals surface area contributed by atoms with Crippen LogP contribution in [-0.4, -0.2) is 18.9 Å². The second-order valence-electron chi connectivity index (χ2n) is 5.49. The Morgan fingerprint density at radius 2 is 1.81 bits per heavy atom. The molecule has 2 aromatic carbocycles. The summed E-state index contributed by atoms with van der Waals surface area (Å²) in [7, 11) is 0. The predicted octanol–water partition coefficient (Wildman–Crippen LogP) is 4.39. The monoisotopic (exact) mass is 373 g/mol. The highest BCUT2D eigenvalue weighted by Crippen LogP contribution is 2.24. The highest BCUT2D eigenvalue weighted by atomic mass is 19.4. The molecule has 0 aliphatic rings. The summed E-state index contributed by atoms with van der Waals surface area (Å²) in [6.45, 7) is 1.84. The Kier molecular flexibility index (Phi) is 6.01. The Labute approximate surface area is 146 Å². The van der Waals surface area contributed by atoms with E-state index in [1.807, 2.05) is 0 Å². The van der Waals surface area contributed by atoms with E-state index in [2.05, 4.69) is 15.0 Å². The van der Waals surface area contributed by atoms with Crippen LogP contribution in [0.1, 0.15) is 18.4 Å². The number of guanidine groups is 1. The number of nitrogens with zero attached hydrogens (tertiary/aromatic N) is 1. The Balaban J connectivity index is 1.95. The van der Waals surface area contributed by atoms with E-state index in [1.54, 1.807) is 6.92 Å². The van der Waals surface area contributed by atoms with E-state index in [9.17, 15) is 22.0 Å². The minimum atomic E-state index is -4.76. The molecule has 0 spiro atoms. The average Bonchev–Trinajstić information content (AvgIpc) is 2.53. The molecule has 0 fully saturated rings. The topological polar surface area (TPSA) is 59.6 Å². The van der Waals surface area contributed by atoms with E-state index in [4.69, 9.17) is 5.73 Å². The van der Waals surface area contributed by atoms with Crippen molar-refractivity contribution in [2.45, 2.75) is 19.2 Å². The maximum atomic E-state index is 13.7. The summed E-state index contributed by atoms with van der Waals surface area (Å²) >= 11 is 0. The smallest absolute Gasteiger partial charge is 0.406 e. The maximum Gasteiger partial charge on any atom is 0.573 e. The number of halogens is 5. The summed E-state index contributed by atoms with van der Waals surface area (Å²) in [6.07, 6.45) is -4.76. The number of hydrogen-bond acceptors (Lipinski definition) is 2. The molecule has 1 unspecified atom stereocenters. The first kappa shape index (κ1) is 19.5. The molecule has 1 atom stereocenters. The van der Waals surface area contributed by atoms with Crippen molar-refractivity contribution in [1.82, 2.24) is 0 Å². The van der Waals surface area contributed by atoms with Gasteiger partial charge < -0.3 is 15.8 Å². The molecular formula is C17H16F5N3O. The van der Waals surface area contributed by atoms with E-state index >= 15 is 0 Å². The molecule has 2 rings (SSSR count). The predicted molar refractivity (Wildman–Crippen MR) is 88.0 cm³/mol. The Morgan fingerprint density at radius 1 is 1.15 bits per heavy atom. The van der Waals surface area contributed by atoms with Gasteiger partial charge >= 0.3 is 6.36 Å². The Morgan fingerprint density at radius 3 is 2.38 bits per heavy atom. The van der Waals surface area contributed by atoms with Crippen molar-refractivity contribution in [2.24, 2.45) is 10.7 Å². The van der Waals surface area contributed by atoms with Crippen LogP contribution >= 0.6 is 0 Å².